The van der Waals surface area contributed by atoms with Crippen LogP contribution in [0.15, 0.2) is 0 Å². The van der Waals surface area contributed by atoms with E-state index >= 15 is 0 Å². The van der Waals surface area contributed by atoms with E-state index in [1.165, 1.54) is 0 Å². The summed E-state index contributed by atoms with van der Waals surface area (Å²) in [5, 5.41) is 26.2. The number of hydrogen-bond acceptors (Lipinski definition) is 6. The Morgan fingerprint density at radius 3 is 1.05 bits per heavy atom. The first-order valence-corrected chi connectivity index (χ1v) is 9.46. The molecule has 0 fully saturated rings. The molecule has 22 heavy (non-hydrogen) atoms. The highest BCUT2D eigenvalue weighted by Crippen LogP contribution is 2.40. The van der Waals surface area contributed by atoms with Crippen molar-refractivity contribution in [2.24, 2.45) is 0 Å². The van der Waals surface area contributed by atoms with Gasteiger partial charge in [-0.2, -0.15) is 0 Å². The van der Waals surface area contributed by atoms with Crippen LogP contribution in [-0.2, 0) is 13.6 Å². The molecule has 0 unspecified atom stereocenters. The molecule has 0 saturated carbocycles. The van der Waals surface area contributed by atoms with Crippen molar-refractivity contribution in [2.45, 2.75) is 57.8 Å². The lowest BCUT2D eigenvalue weighted by molar-refractivity contribution is 0.151. The summed E-state index contributed by atoms with van der Waals surface area (Å²) < 4.78 is 16.9. The Kier molecular flexibility index (Phi) is 19.4. The van der Waals surface area contributed by atoms with Crippen molar-refractivity contribution in [1.29, 1.82) is 0 Å². The zero-order chi connectivity index (χ0) is 16.3. The summed E-state index contributed by atoms with van der Waals surface area (Å²) in [6.45, 7) is 2.41. The van der Waals surface area contributed by atoms with Gasteiger partial charge in [0.05, 0.1) is 19.8 Å². The zero-order valence-electron chi connectivity index (χ0n) is 13.6. The van der Waals surface area contributed by atoms with E-state index in [4.69, 9.17) is 28.9 Å². The van der Waals surface area contributed by atoms with E-state index in [0.29, 0.717) is 19.8 Å². The van der Waals surface area contributed by atoms with Crippen LogP contribution in [0.25, 0.3) is 0 Å². The average Bonchev–Trinajstić information content (AvgIpc) is 2.53. The predicted molar refractivity (Wildman–Crippen MR) is 87.6 cm³/mol. The molecule has 0 aliphatic carbocycles. The molecule has 134 valence electrons. The van der Waals surface area contributed by atoms with Crippen molar-refractivity contribution in [2.75, 3.05) is 39.6 Å². The Morgan fingerprint density at radius 1 is 0.455 bits per heavy atom. The molecule has 0 aromatic rings. The van der Waals surface area contributed by atoms with Crippen LogP contribution in [0.3, 0.4) is 0 Å². The van der Waals surface area contributed by atoms with Crippen LogP contribution in [-0.4, -0.2) is 55.0 Å². The summed E-state index contributed by atoms with van der Waals surface area (Å²) in [6, 6.07) is 0. The fraction of sp³-hybridized carbons (Fsp3) is 1.00. The van der Waals surface area contributed by atoms with E-state index in [-0.39, 0.29) is 19.8 Å². The molecule has 0 saturated heterocycles. The third kappa shape index (κ3) is 16.6. The zero-order valence-corrected chi connectivity index (χ0v) is 14.5. The molecule has 6 nitrogen and oxygen atoms in total. The van der Waals surface area contributed by atoms with Gasteiger partial charge in [0.15, 0.2) is 0 Å². The van der Waals surface area contributed by atoms with Crippen LogP contribution in [0.1, 0.15) is 57.8 Å². The fourth-order valence-corrected chi connectivity index (χ4v) is 2.76. The average molecular weight is 340 g/mol. The minimum Gasteiger partial charge on any atom is -0.396 e. The normalized spacial score (nSPS) is 11.5. The molecule has 0 rings (SSSR count). The van der Waals surface area contributed by atoms with Gasteiger partial charge in [-0.15, -0.1) is 0 Å². The first-order valence-electron chi connectivity index (χ1n) is 8.36. The topological polar surface area (TPSA) is 88.4 Å². The number of aliphatic hydroxyl groups excluding tert-OH is 3. The Bertz CT molecular complexity index is 175. The van der Waals surface area contributed by atoms with Gasteiger partial charge in [0.2, 0.25) is 0 Å². The Hall–Kier alpha value is 0.190. The van der Waals surface area contributed by atoms with Gasteiger partial charge in [-0.25, -0.2) is 0 Å². The third-order valence-corrected chi connectivity index (χ3v) is 4.18. The van der Waals surface area contributed by atoms with Gasteiger partial charge in [0, 0.05) is 19.8 Å². The molecule has 7 heteroatoms. The summed E-state index contributed by atoms with van der Waals surface area (Å²) in [4.78, 5) is 0. The van der Waals surface area contributed by atoms with E-state index in [0.717, 1.165) is 57.8 Å². The maximum absolute atomic E-state index is 8.73. The second-order valence-corrected chi connectivity index (χ2v) is 6.30. The first-order chi connectivity index (χ1) is 10.8. The molecule has 0 heterocycles. The lowest BCUT2D eigenvalue weighted by Crippen LogP contribution is -2.01. The summed E-state index contributed by atoms with van der Waals surface area (Å²) in [6.07, 6.45) is 7.87. The van der Waals surface area contributed by atoms with Crippen LogP contribution < -0.4 is 0 Å². The Morgan fingerprint density at radius 2 is 0.773 bits per heavy atom. The van der Waals surface area contributed by atoms with Crippen LogP contribution in [0, 0.1) is 0 Å². The molecule has 3 N–H and O–H groups in total. The summed E-state index contributed by atoms with van der Waals surface area (Å²) >= 11 is 0. The minimum atomic E-state index is -1.31. The number of aliphatic hydroxyl groups is 3. The van der Waals surface area contributed by atoms with Crippen LogP contribution in [0.2, 0.25) is 0 Å². The molecule has 0 atom stereocenters. The molecule has 0 aromatic heterocycles. The molecule has 0 aliphatic rings. The molecule has 0 spiro atoms. The summed E-state index contributed by atoms with van der Waals surface area (Å²) in [5.74, 6) is 0. The Balaban J connectivity index is 3.72. The van der Waals surface area contributed by atoms with Gasteiger partial charge in [-0.3, -0.25) is 0 Å². The fourth-order valence-electron chi connectivity index (χ4n) is 1.70. The van der Waals surface area contributed by atoms with Gasteiger partial charge >= 0.3 is 8.60 Å². The quantitative estimate of drug-likeness (QED) is 0.263. The van der Waals surface area contributed by atoms with Crippen LogP contribution in [0.4, 0.5) is 0 Å². The summed E-state index contributed by atoms with van der Waals surface area (Å²) in [7, 11) is -1.31. The molecule has 0 aliphatic heterocycles. The number of rotatable bonds is 18. The van der Waals surface area contributed by atoms with Crippen LogP contribution in [0.5, 0.6) is 0 Å². The van der Waals surface area contributed by atoms with E-state index in [1.807, 2.05) is 0 Å². The Labute approximate surface area is 135 Å². The highest BCUT2D eigenvalue weighted by atomic mass is 31.2. The molecule has 0 amide bonds. The van der Waals surface area contributed by atoms with Crippen molar-refractivity contribution in [3.63, 3.8) is 0 Å². The second-order valence-electron chi connectivity index (χ2n) is 5.08. The third-order valence-electron chi connectivity index (χ3n) is 3.00. The second kappa shape index (κ2) is 19.2. The largest absolute Gasteiger partial charge is 0.396 e. The van der Waals surface area contributed by atoms with Crippen molar-refractivity contribution in [3.8, 4) is 0 Å². The number of hydrogen-bond donors (Lipinski definition) is 3. The highest BCUT2D eigenvalue weighted by Gasteiger charge is 2.12. The lowest BCUT2D eigenvalue weighted by Gasteiger charge is -2.16. The first kappa shape index (κ1) is 22.2. The molecular weight excluding hydrogens is 307 g/mol. The highest BCUT2D eigenvalue weighted by molar-refractivity contribution is 7.41. The molecule has 0 bridgehead atoms. The maximum atomic E-state index is 8.73. The molecule has 0 radical (unpaired) electrons. The van der Waals surface area contributed by atoms with E-state index in [2.05, 4.69) is 0 Å². The number of unbranched alkanes of at least 4 members (excludes halogenated alkanes) is 6. The lowest BCUT2D eigenvalue weighted by atomic mass is 10.2. The SMILES string of the molecule is OCCCCCOP(OCCCCCO)OCCCCCO. The van der Waals surface area contributed by atoms with Crippen molar-refractivity contribution in [3.05, 3.63) is 0 Å². The molecule has 0 aromatic carbocycles. The van der Waals surface area contributed by atoms with Gasteiger partial charge < -0.3 is 28.9 Å². The predicted octanol–water partition coefficient (Wildman–Crippen LogP) is 2.75. The van der Waals surface area contributed by atoms with Crippen molar-refractivity contribution >= 4 is 8.60 Å². The van der Waals surface area contributed by atoms with E-state index in [9.17, 15) is 0 Å². The van der Waals surface area contributed by atoms with Gasteiger partial charge in [-0.05, 0) is 57.8 Å². The standard InChI is InChI=1S/C15H33O6P/c16-10-4-1-7-13-19-22(20-14-8-2-5-11-17)21-15-9-3-6-12-18/h16-18H,1-15H2. The van der Waals surface area contributed by atoms with Gasteiger partial charge in [0.1, 0.15) is 0 Å². The maximum Gasteiger partial charge on any atom is 0.332 e. The van der Waals surface area contributed by atoms with Crippen molar-refractivity contribution in [1.82, 2.24) is 0 Å². The van der Waals surface area contributed by atoms with Gasteiger partial charge in [0.25, 0.3) is 0 Å². The van der Waals surface area contributed by atoms with Gasteiger partial charge in [-0.1, -0.05) is 0 Å². The van der Waals surface area contributed by atoms with Crippen molar-refractivity contribution < 1.29 is 28.9 Å². The monoisotopic (exact) mass is 340 g/mol. The molecular formula is C15H33O6P. The van der Waals surface area contributed by atoms with Crippen LogP contribution >= 0.6 is 8.60 Å². The van der Waals surface area contributed by atoms with E-state index < -0.39 is 8.60 Å². The minimum absolute atomic E-state index is 0.220. The smallest absolute Gasteiger partial charge is 0.332 e. The van der Waals surface area contributed by atoms with E-state index in [1.54, 1.807) is 0 Å². The summed E-state index contributed by atoms with van der Waals surface area (Å²) in [5.41, 5.74) is 0.